The summed E-state index contributed by atoms with van der Waals surface area (Å²) in [6, 6.07) is 0. The van der Waals surface area contributed by atoms with Crippen LogP contribution in [-0.2, 0) is 23.8 Å². The fourth-order valence-corrected chi connectivity index (χ4v) is 3.93. The molecule has 0 saturated heterocycles. The summed E-state index contributed by atoms with van der Waals surface area (Å²) in [6.07, 6.45) is 4.84. The Balaban J connectivity index is 3.24. The van der Waals surface area contributed by atoms with Crippen molar-refractivity contribution in [2.75, 3.05) is 6.61 Å². The zero-order valence-electron chi connectivity index (χ0n) is 17.6. The van der Waals surface area contributed by atoms with Gasteiger partial charge in [-0.05, 0) is 51.4 Å². The minimum atomic E-state index is -0.855. The van der Waals surface area contributed by atoms with Gasteiger partial charge in [0.15, 0.2) is 6.10 Å². The molecule has 1 fully saturated rings. The number of esters is 2. The second-order valence-corrected chi connectivity index (χ2v) is 7.97. The predicted molar refractivity (Wildman–Crippen MR) is 102 cm³/mol. The monoisotopic (exact) mass is 370 g/mol. The highest BCUT2D eigenvalue weighted by molar-refractivity contribution is 5.71. The molecule has 1 aliphatic carbocycles. The molecule has 152 valence electrons. The summed E-state index contributed by atoms with van der Waals surface area (Å²) in [5.41, 5.74) is -1.48. The van der Waals surface area contributed by atoms with E-state index in [1.165, 1.54) is 0 Å². The molecule has 0 radical (unpaired) electrons. The van der Waals surface area contributed by atoms with Gasteiger partial charge in [0.05, 0.1) is 0 Å². The molecular formula is C21H38O5. The van der Waals surface area contributed by atoms with Crippen molar-refractivity contribution in [3.63, 3.8) is 0 Å². The lowest BCUT2D eigenvalue weighted by Gasteiger charge is -2.53. The zero-order valence-corrected chi connectivity index (χ0v) is 17.6. The molecular weight excluding hydrogens is 332 g/mol. The Bertz CT molecular complexity index is 461. The molecule has 5 heteroatoms. The van der Waals surface area contributed by atoms with Crippen molar-refractivity contribution in [2.24, 2.45) is 5.92 Å². The van der Waals surface area contributed by atoms with E-state index in [1.54, 1.807) is 0 Å². The van der Waals surface area contributed by atoms with Crippen molar-refractivity contribution in [1.82, 2.24) is 0 Å². The van der Waals surface area contributed by atoms with Gasteiger partial charge in [0.1, 0.15) is 11.2 Å². The number of carbonyl (C=O) groups excluding carboxylic acids is 2. The van der Waals surface area contributed by atoms with Gasteiger partial charge < -0.3 is 14.2 Å². The van der Waals surface area contributed by atoms with Gasteiger partial charge in [0.2, 0.25) is 0 Å². The molecule has 0 aromatic rings. The van der Waals surface area contributed by atoms with Crippen molar-refractivity contribution in [1.29, 1.82) is 0 Å². The minimum absolute atomic E-state index is 0.137. The van der Waals surface area contributed by atoms with E-state index in [9.17, 15) is 9.59 Å². The molecule has 26 heavy (non-hydrogen) atoms. The SMILES string of the molecule is CCCOC1(C(C)C)CCCC(C)(OC(=O)CCC)C1OC(=O)CCC. The summed E-state index contributed by atoms with van der Waals surface area (Å²) < 4.78 is 18.2. The van der Waals surface area contributed by atoms with Gasteiger partial charge in [-0.25, -0.2) is 0 Å². The van der Waals surface area contributed by atoms with E-state index in [4.69, 9.17) is 14.2 Å². The second-order valence-electron chi connectivity index (χ2n) is 7.97. The largest absolute Gasteiger partial charge is 0.455 e. The van der Waals surface area contributed by atoms with Gasteiger partial charge in [-0.2, -0.15) is 0 Å². The van der Waals surface area contributed by atoms with E-state index < -0.39 is 17.3 Å². The average Bonchev–Trinajstić information content (AvgIpc) is 2.55. The maximum Gasteiger partial charge on any atom is 0.306 e. The maximum atomic E-state index is 12.4. The van der Waals surface area contributed by atoms with E-state index in [2.05, 4.69) is 20.8 Å². The van der Waals surface area contributed by atoms with Crippen molar-refractivity contribution in [2.45, 2.75) is 110 Å². The highest BCUT2D eigenvalue weighted by atomic mass is 16.6. The first kappa shape index (κ1) is 22.9. The Morgan fingerprint density at radius 3 is 2.15 bits per heavy atom. The van der Waals surface area contributed by atoms with Gasteiger partial charge >= 0.3 is 11.9 Å². The molecule has 0 spiro atoms. The van der Waals surface area contributed by atoms with E-state index in [0.29, 0.717) is 25.9 Å². The number of carbonyl (C=O) groups is 2. The van der Waals surface area contributed by atoms with Crippen LogP contribution in [0, 0.1) is 5.92 Å². The van der Waals surface area contributed by atoms with Gasteiger partial charge in [-0.1, -0.05) is 34.6 Å². The molecule has 3 atom stereocenters. The van der Waals surface area contributed by atoms with E-state index in [1.807, 2.05) is 20.8 Å². The summed E-state index contributed by atoms with van der Waals surface area (Å²) in [4.78, 5) is 24.6. The Labute approximate surface area is 159 Å². The van der Waals surface area contributed by atoms with Gasteiger partial charge in [-0.3, -0.25) is 9.59 Å². The molecule has 0 N–H and O–H groups in total. The summed E-state index contributed by atoms with van der Waals surface area (Å²) in [5.74, 6) is -0.346. The van der Waals surface area contributed by atoms with Crippen LogP contribution >= 0.6 is 0 Å². The average molecular weight is 371 g/mol. The van der Waals surface area contributed by atoms with Crippen molar-refractivity contribution < 1.29 is 23.8 Å². The number of hydrogen-bond acceptors (Lipinski definition) is 5. The summed E-state index contributed by atoms with van der Waals surface area (Å²) in [5, 5.41) is 0. The molecule has 0 aliphatic heterocycles. The third-order valence-corrected chi connectivity index (χ3v) is 5.30. The highest BCUT2D eigenvalue weighted by Crippen LogP contribution is 2.46. The molecule has 0 amide bonds. The molecule has 1 saturated carbocycles. The topological polar surface area (TPSA) is 61.8 Å². The lowest BCUT2D eigenvalue weighted by atomic mass is 9.68. The van der Waals surface area contributed by atoms with Crippen LogP contribution in [0.4, 0.5) is 0 Å². The number of rotatable bonds is 10. The van der Waals surface area contributed by atoms with Crippen LogP contribution in [0.15, 0.2) is 0 Å². The third kappa shape index (κ3) is 5.45. The van der Waals surface area contributed by atoms with Crippen molar-refractivity contribution in [3.8, 4) is 0 Å². The van der Waals surface area contributed by atoms with Crippen LogP contribution < -0.4 is 0 Å². The van der Waals surface area contributed by atoms with Gasteiger partial charge in [-0.15, -0.1) is 0 Å². The van der Waals surface area contributed by atoms with Crippen molar-refractivity contribution in [3.05, 3.63) is 0 Å². The van der Waals surface area contributed by atoms with Crippen molar-refractivity contribution >= 4 is 11.9 Å². The number of hydrogen-bond donors (Lipinski definition) is 0. The van der Waals surface area contributed by atoms with Gasteiger partial charge in [0, 0.05) is 19.4 Å². The predicted octanol–water partition coefficient (Wildman–Crippen LogP) is 4.81. The van der Waals surface area contributed by atoms with Crippen LogP contribution in [0.5, 0.6) is 0 Å². The maximum absolute atomic E-state index is 12.4. The van der Waals surface area contributed by atoms with Crippen LogP contribution in [0.2, 0.25) is 0 Å². The fraction of sp³-hybridized carbons (Fsp3) is 0.905. The molecule has 1 aliphatic rings. The lowest BCUT2D eigenvalue weighted by Crippen LogP contribution is -2.65. The molecule has 0 aromatic carbocycles. The first-order chi connectivity index (χ1) is 12.3. The van der Waals surface area contributed by atoms with E-state index >= 15 is 0 Å². The number of ether oxygens (including phenoxy) is 3. The second kappa shape index (κ2) is 10.3. The summed E-state index contributed by atoms with van der Waals surface area (Å²) >= 11 is 0. The summed E-state index contributed by atoms with van der Waals surface area (Å²) in [7, 11) is 0. The Hall–Kier alpha value is -1.10. The van der Waals surface area contributed by atoms with Crippen LogP contribution in [0.1, 0.15) is 92.9 Å². The molecule has 3 unspecified atom stereocenters. The summed E-state index contributed by atoms with van der Waals surface area (Å²) in [6.45, 7) is 12.6. The zero-order chi connectivity index (χ0) is 19.8. The molecule has 0 aromatic heterocycles. The highest BCUT2D eigenvalue weighted by Gasteiger charge is 2.58. The first-order valence-corrected chi connectivity index (χ1v) is 10.3. The third-order valence-electron chi connectivity index (χ3n) is 5.30. The van der Waals surface area contributed by atoms with E-state index in [-0.39, 0.29) is 17.9 Å². The quantitative estimate of drug-likeness (QED) is 0.517. The Kier molecular flexibility index (Phi) is 9.08. The first-order valence-electron chi connectivity index (χ1n) is 10.3. The standard InChI is InChI=1S/C21H38O5/c1-7-11-17(22)25-19-20(6,26-18(23)12-8-2)13-10-14-21(19,16(4)5)24-15-9-3/h16,19H,7-15H2,1-6H3. The molecule has 0 heterocycles. The fourth-order valence-electron chi connectivity index (χ4n) is 3.93. The van der Waals surface area contributed by atoms with E-state index in [0.717, 1.165) is 32.1 Å². The Morgan fingerprint density at radius 2 is 1.62 bits per heavy atom. The van der Waals surface area contributed by atoms with Crippen LogP contribution in [0.25, 0.3) is 0 Å². The van der Waals surface area contributed by atoms with Gasteiger partial charge in [0.25, 0.3) is 0 Å². The Morgan fingerprint density at radius 1 is 1.00 bits per heavy atom. The van der Waals surface area contributed by atoms with Crippen LogP contribution in [0.3, 0.4) is 0 Å². The van der Waals surface area contributed by atoms with Crippen LogP contribution in [-0.4, -0.2) is 35.9 Å². The molecule has 1 rings (SSSR count). The smallest absolute Gasteiger partial charge is 0.306 e. The minimum Gasteiger partial charge on any atom is -0.455 e. The molecule has 5 nitrogen and oxygen atoms in total. The molecule has 0 bridgehead atoms. The normalized spacial score (nSPS) is 28.8. The lowest BCUT2D eigenvalue weighted by molar-refractivity contribution is -0.252.